The van der Waals surface area contributed by atoms with Crippen molar-refractivity contribution >= 4 is 51.3 Å². The third-order valence-corrected chi connectivity index (χ3v) is 5.35. The monoisotopic (exact) mass is 388 g/mol. The van der Waals surface area contributed by atoms with Crippen molar-refractivity contribution in [3.05, 3.63) is 82.3 Å². The molecule has 0 radical (unpaired) electrons. The smallest absolute Gasteiger partial charge is 0.335 e. The van der Waals surface area contributed by atoms with Crippen LogP contribution in [-0.4, -0.2) is 22.2 Å². The normalized spacial score (nSPS) is 16.7. The third kappa shape index (κ3) is 3.54. The number of hydrogen-bond acceptors (Lipinski definition) is 4. The molecule has 1 fully saturated rings. The van der Waals surface area contributed by atoms with Crippen LogP contribution in [0.1, 0.15) is 21.5 Å². The molecule has 28 heavy (non-hydrogen) atoms. The molecule has 0 aliphatic carbocycles. The first-order valence-electron chi connectivity index (χ1n) is 8.62. The van der Waals surface area contributed by atoms with Gasteiger partial charge in [-0.15, -0.1) is 0 Å². The molecule has 5 nitrogen and oxygen atoms in total. The molecule has 138 valence electrons. The highest BCUT2D eigenvalue weighted by atomic mass is 32.2. The minimum Gasteiger partial charge on any atom is -0.478 e. The van der Waals surface area contributed by atoms with E-state index in [0.717, 1.165) is 21.9 Å². The van der Waals surface area contributed by atoms with Crippen molar-refractivity contribution < 1.29 is 14.7 Å². The van der Waals surface area contributed by atoms with E-state index < -0.39 is 5.97 Å². The predicted octanol–water partition coefficient (Wildman–Crippen LogP) is 4.74. The van der Waals surface area contributed by atoms with Gasteiger partial charge in [0.15, 0.2) is 5.17 Å². The second-order valence-electron chi connectivity index (χ2n) is 6.36. The first kappa shape index (κ1) is 18.0. The highest BCUT2D eigenvalue weighted by Crippen LogP contribution is 2.31. The van der Waals surface area contributed by atoms with Gasteiger partial charge >= 0.3 is 5.97 Å². The lowest BCUT2D eigenvalue weighted by Gasteiger charge is -2.03. The molecule has 0 saturated carbocycles. The quantitative estimate of drug-likeness (QED) is 0.636. The largest absolute Gasteiger partial charge is 0.478 e. The number of carboxylic acids is 1. The number of aryl methyl sites for hydroxylation is 1. The van der Waals surface area contributed by atoms with E-state index in [2.05, 4.69) is 10.3 Å². The van der Waals surface area contributed by atoms with Crippen molar-refractivity contribution in [1.29, 1.82) is 0 Å². The molecular formula is C22H16N2O3S. The number of aromatic carboxylic acids is 1. The number of nitrogens with zero attached hydrogens (tertiary/aromatic N) is 1. The molecule has 0 bridgehead atoms. The van der Waals surface area contributed by atoms with E-state index in [-0.39, 0.29) is 11.5 Å². The van der Waals surface area contributed by atoms with Gasteiger partial charge in [0.2, 0.25) is 0 Å². The van der Waals surface area contributed by atoms with E-state index >= 15 is 0 Å². The molecule has 0 aromatic heterocycles. The molecule has 0 unspecified atom stereocenters. The molecule has 4 rings (SSSR count). The summed E-state index contributed by atoms with van der Waals surface area (Å²) in [6, 6.07) is 18.7. The maximum absolute atomic E-state index is 12.4. The van der Waals surface area contributed by atoms with Crippen molar-refractivity contribution in [1.82, 2.24) is 5.32 Å². The van der Waals surface area contributed by atoms with Crippen LogP contribution in [-0.2, 0) is 4.79 Å². The Morgan fingerprint density at radius 1 is 1.11 bits per heavy atom. The number of carbonyl (C=O) groups excluding carboxylic acids is 1. The van der Waals surface area contributed by atoms with Gasteiger partial charge in [-0.05, 0) is 58.8 Å². The highest BCUT2D eigenvalue weighted by molar-refractivity contribution is 8.18. The molecule has 1 saturated heterocycles. The molecule has 0 spiro atoms. The number of carbonyl (C=O) groups is 2. The van der Waals surface area contributed by atoms with Gasteiger partial charge in [-0.1, -0.05) is 48.5 Å². The van der Waals surface area contributed by atoms with E-state index in [0.29, 0.717) is 15.8 Å². The maximum atomic E-state index is 12.4. The predicted molar refractivity (Wildman–Crippen MR) is 113 cm³/mol. The molecule has 6 heteroatoms. The molecule has 3 aromatic rings. The molecule has 0 atom stereocenters. The number of carboxylic acid groups (broad SMARTS) is 1. The van der Waals surface area contributed by atoms with Crippen molar-refractivity contribution in [3.63, 3.8) is 0 Å². The van der Waals surface area contributed by atoms with E-state index in [4.69, 9.17) is 5.11 Å². The Hall–Kier alpha value is -3.38. The molecular weight excluding hydrogens is 372 g/mol. The first-order chi connectivity index (χ1) is 13.5. The average Bonchev–Trinajstić information content (AvgIpc) is 3.02. The summed E-state index contributed by atoms with van der Waals surface area (Å²) in [6.45, 7) is 1.85. The van der Waals surface area contributed by atoms with Gasteiger partial charge < -0.3 is 10.4 Å². The van der Waals surface area contributed by atoms with Gasteiger partial charge in [0.25, 0.3) is 5.91 Å². The number of rotatable bonds is 3. The summed E-state index contributed by atoms with van der Waals surface area (Å²) in [5.74, 6) is -1.23. The lowest BCUT2D eigenvalue weighted by atomic mass is 10.0. The molecule has 2 N–H and O–H groups in total. The van der Waals surface area contributed by atoms with E-state index in [1.54, 1.807) is 6.07 Å². The van der Waals surface area contributed by atoms with Crippen LogP contribution in [0, 0.1) is 6.92 Å². The van der Waals surface area contributed by atoms with Crippen molar-refractivity contribution in [3.8, 4) is 0 Å². The summed E-state index contributed by atoms with van der Waals surface area (Å²) in [5, 5.41) is 14.5. The molecule has 1 heterocycles. The van der Waals surface area contributed by atoms with E-state index in [1.165, 1.54) is 23.9 Å². The average molecular weight is 388 g/mol. The van der Waals surface area contributed by atoms with E-state index in [9.17, 15) is 9.59 Å². The number of amides is 1. The number of aliphatic imine (C=N–C) groups is 1. The number of thioether (sulfide) groups is 1. The Morgan fingerprint density at radius 2 is 1.89 bits per heavy atom. The van der Waals surface area contributed by atoms with Gasteiger partial charge in [-0.25, -0.2) is 9.79 Å². The van der Waals surface area contributed by atoms with Crippen LogP contribution in [0.4, 0.5) is 5.69 Å². The third-order valence-electron chi connectivity index (χ3n) is 4.44. The molecule has 3 aromatic carbocycles. The second-order valence-corrected chi connectivity index (χ2v) is 7.39. The van der Waals surface area contributed by atoms with Crippen LogP contribution >= 0.6 is 11.8 Å². The minimum atomic E-state index is -1.01. The molecule has 1 amide bonds. The first-order valence-corrected chi connectivity index (χ1v) is 9.44. The Kier molecular flexibility index (Phi) is 4.71. The van der Waals surface area contributed by atoms with Gasteiger partial charge in [-0.3, -0.25) is 4.79 Å². The lowest BCUT2D eigenvalue weighted by molar-refractivity contribution is -0.115. The Bertz CT molecular complexity index is 1180. The zero-order valence-electron chi connectivity index (χ0n) is 15.0. The standard InChI is InChI=1S/C22H16N2O3S/c1-13-9-10-16(21(26)27)11-18(13)23-22-24-20(25)19(28-22)12-15-7-4-6-14-5-2-3-8-17(14)15/h2-12H,1H3,(H,26,27)(H,23,24,25). The van der Waals surface area contributed by atoms with Crippen LogP contribution in [0.25, 0.3) is 16.8 Å². The molecule has 1 aliphatic rings. The zero-order valence-corrected chi connectivity index (χ0v) is 15.8. The summed E-state index contributed by atoms with van der Waals surface area (Å²) in [5.41, 5.74) is 2.47. The number of benzene rings is 3. The Morgan fingerprint density at radius 3 is 2.71 bits per heavy atom. The fourth-order valence-electron chi connectivity index (χ4n) is 2.97. The summed E-state index contributed by atoms with van der Waals surface area (Å²) in [4.78, 5) is 28.6. The van der Waals surface area contributed by atoms with Crippen LogP contribution in [0.3, 0.4) is 0 Å². The summed E-state index contributed by atoms with van der Waals surface area (Å²) in [6.07, 6.45) is 1.85. The van der Waals surface area contributed by atoms with Gasteiger partial charge in [0.1, 0.15) is 0 Å². The van der Waals surface area contributed by atoms with Gasteiger partial charge in [-0.2, -0.15) is 0 Å². The number of nitrogens with one attached hydrogen (secondary N) is 1. The maximum Gasteiger partial charge on any atom is 0.335 e. The van der Waals surface area contributed by atoms with Crippen molar-refractivity contribution in [2.45, 2.75) is 6.92 Å². The summed E-state index contributed by atoms with van der Waals surface area (Å²) in [7, 11) is 0. The fourth-order valence-corrected chi connectivity index (χ4v) is 3.80. The Balaban J connectivity index is 1.68. The van der Waals surface area contributed by atoms with Crippen LogP contribution in [0.15, 0.2) is 70.6 Å². The van der Waals surface area contributed by atoms with E-state index in [1.807, 2.05) is 55.5 Å². The van der Waals surface area contributed by atoms with Crippen LogP contribution in [0.2, 0.25) is 0 Å². The minimum absolute atomic E-state index is 0.158. The van der Waals surface area contributed by atoms with Gasteiger partial charge in [0, 0.05) is 0 Å². The topological polar surface area (TPSA) is 78.8 Å². The highest BCUT2D eigenvalue weighted by Gasteiger charge is 2.24. The summed E-state index contributed by atoms with van der Waals surface area (Å²) >= 11 is 1.24. The van der Waals surface area contributed by atoms with Gasteiger partial charge in [0.05, 0.1) is 16.2 Å². The zero-order chi connectivity index (χ0) is 19.7. The fraction of sp³-hybridized carbons (Fsp3) is 0.0455. The second kappa shape index (κ2) is 7.32. The lowest BCUT2D eigenvalue weighted by Crippen LogP contribution is -2.19. The van der Waals surface area contributed by atoms with Crippen LogP contribution in [0.5, 0.6) is 0 Å². The van der Waals surface area contributed by atoms with Crippen LogP contribution < -0.4 is 5.32 Å². The Labute approximate surface area is 165 Å². The number of fused-ring (bicyclic) bond motifs is 1. The summed E-state index contributed by atoms with van der Waals surface area (Å²) < 4.78 is 0. The molecule has 1 aliphatic heterocycles. The number of hydrogen-bond donors (Lipinski definition) is 2. The van der Waals surface area contributed by atoms with Crippen molar-refractivity contribution in [2.24, 2.45) is 4.99 Å². The SMILES string of the molecule is Cc1ccc(C(=O)O)cc1N=C1NC(=O)C(=Cc2cccc3ccccc23)S1. The van der Waals surface area contributed by atoms with Crippen molar-refractivity contribution in [2.75, 3.05) is 0 Å². The number of amidine groups is 1.